The molecule has 0 atom stereocenters. The highest BCUT2D eigenvalue weighted by Gasteiger charge is 1.95. The second kappa shape index (κ2) is 9.14. The Balaban J connectivity index is 2.59. The molecule has 0 aliphatic carbocycles. The minimum absolute atomic E-state index is 0.298. The van der Waals surface area contributed by atoms with Crippen LogP contribution in [0, 0.1) is 6.92 Å². The maximum Gasteiger partial charge on any atom is 0.330 e. The zero-order valence-corrected chi connectivity index (χ0v) is 13.9. The van der Waals surface area contributed by atoms with E-state index in [1.807, 2.05) is 32.1 Å². The van der Waals surface area contributed by atoms with Crippen molar-refractivity contribution >= 4 is 23.4 Å². The van der Waals surface area contributed by atoms with Gasteiger partial charge < -0.3 is 4.74 Å². The van der Waals surface area contributed by atoms with Crippen molar-refractivity contribution in [2.45, 2.75) is 27.7 Å². The lowest BCUT2D eigenvalue weighted by molar-refractivity contribution is -0.137. The Morgan fingerprint density at radius 1 is 1.29 bits per heavy atom. The van der Waals surface area contributed by atoms with Crippen molar-refractivity contribution in [3.05, 3.63) is 63.4 Å². The zero-order valence-electron chi connectivity index (χ0n) is 13.1. The van der Waals surface area contributed by atoms with E-state index in [0.717, 1.165) is 11.1 Å². The van der Waals surface area contributed by atoms with Gasteiger partial charge in [0.05, 0.1) is 6.61 Å². The second-order valence-corrected chi connectivity index (χ2v) is 5.66. The van der Waals surface area contributed by atoms with Gasteiger partial charge in [-0.1, -0.05) is 29.9 Å². The van der Waals surface area contributed by atoms with E-state index in [2.05, 4.69) is 30.5 Å². The van der Waals surface area contributed by atoms with E-state index in [1.165, 1.54) is 16.5 Å². The SMILES string of the molecule is CCOC(=O)C=C(C)C=CC=C(C)C=Cc1sccc1C. The molecule has 3 heteroatoms. The van der Waals surface area contributed by atoms with Crippen LogP contribution in [0.2, 0.25) is 0 Å². The van der Waals surface area contributed by atoms with E-state index in [0.29, 0.717) is 6.61 Å². The molecule has 0 unspecified atom stereocenters. The monoisotopic (exact) mass is 302 g/mol. The lowest BCUT2D eigenvalue weighted by Gasteiger charge is -1.96. The summed E-state index contributed by atoms with van der Waals surface area (Å²) in [5.41, 5.74) is 3.33. The number of aryl methyl sites for hydroxylation is 1. The molecule has 2 nitrogen and oxygen atoms in total. The number of ether oxygens (including phenoxy) is 1. The third kappa shape index (κ3) is 6.91. The van der Waals surface area contributed by atoms with E-state index in [1.54, 1.807) is 18.3 Å². The fourth-order valence-corrected chi connectivity index (χ4v) is 2.41. The molecule has 0 aromatic carbocycles. The van der Waals surface area contributed by atoms with Gasteiger partial charge in [-0.25, -0.2) is 4.79 Å². The van der Waals surface area contributed by atoms with Gasteiger partial charge in [0.25, 0.3) is 0 Å². The predicted octanol–water partition coefficient (Wildman–Crippen LogP) is 5.08. The molecule has 1 aromatic rings. The van der Waals surface area contributed by atoms with E-state index in [-0.39, 0.29) is 5.97 Å². The first-order valence-corrected chi connectivity index (χ1v) is 7.83. The number of carbonyl (C=O) groups is 1. The van der Waals surface area contributed by atoms with Crippen molar-refractivity contribution in [1.29, 1.82) is 0 Å². The van der Waals surface area contributed by atoms with E-state index in [4.69, 9.17) is 4.74 Å². The number of rotatable bonds is 6. The highest BCUT2D eigenvalue weighted by molar-refractivity contribution is 7.11. The predicted molar refractivity (Wildman–Crippen MR) is 91.4 cm³/mol. The molecule has 0 N–H and O–H groups in total. The van der Waals surface area contributed by atoms with Crippen LogP contribution in [0.5, 0.6) is 0 Å². The minimum Gasteiger partial charge on any atom is -0.463 e. The summed E-state index contributed by atoms with van der Waals surface area (Å²) >= 11 is 1.74. The molecule has 0 aliphatic rings. The summed E-state index contributed by atoms with van der Waals surface area (Å²) < 4.78 is 4.86. The highest BCUT2D eigenvalue weighted by atomic mass is 32.1. The Hall–Kier alpha value is -1.87. The Labute approximate surface area is 131 Å². The van der Waals surface area contributed by atoms with Gasteiger partial charge in [-0.15, -0.1) is 11.3 Å². The van der Waals surface area contributed by atoms with Crippen molar-refractivity contribution < 1.29 is 9.53 Å². The zero-order chi connectivity index (χ0) is 15.7. The first-order valence-electron chi connectivity index (χ1n) is 6.95. The van der Waals surface area contributed by atoms with Crippen LogP contribution in [0.3, 0.4) is 0 Å². The summed E-state index contributed by atoms with van der Waals surface area (Å²) in [5.74, 6) is -0.298. The summed E-state index contributed by atoms with van der Waals surface area (Å²) in [7, 11) is 0. The van der Waals surface area contributed by atoms with Gasteiger partial charge in [0.1, 0.15) is 0 Å². The maximum atomic E-state index is 11.3. The summed E-state index contributed by atoms with van der Waals surface area (Å²) in [6.07, 6.45) is 11.6. The molecule has 0 bridgehead atoms. The van der Waals surface area contributed by atoms with Gasteiger partial charge in [-0.05, 0) is 56.4 Å². The van der Waals surface area contributed by atoms with Gasteiger partial charge in [-0.2, -0.15) is 0 Å². The fourth-order valence-electron chi connectivity index (χ4n) is 1.59. The van der Waals surface area contributed by atoms with Crippen molar-refractivity contribution in [3.63, 3.8) is 0 Å². The average molecular weight is 302 g/mol. The number of esters is 1. The first-order chi connectivity index (χ1) is 10.0. The van der Waals surface area contributed by atoms with Crippen molar-refractivity contribution in [2.75, 3.05) is 6.61 Å². The summed E-state index contributed by atoms with van der Waals surface area (Å²) in [6.45, 7) is 8.23. The second-order valence-electron chi connectivity index (χ2n) is 4.71. The van der Waals surface area contributed by atoms with Gasteiger partial charge in [0.15, 0.2) is 0 Å². The van der Waals surface area contributed by atoms with Gasteiger partial charge in [-0.3, -0.25) is 0 Å². The van der Waals surface area contributed by atoms with Crippen LogP contribution in [0.15, 0.2) is 53.0 Å². The molecule has 1 aromatic heterocycles. The molecule has 0 saturated heterocycles. The Morgan fingerprint density at radius 3 is 2.67 bits per heavy atom. The molecule has 112 valence electrons. The normalized spacial score (nSPS) is 13.3. The lowest BCUT2D eigenvalue weighted by Crippen LogP contribution is -1.99. The van der Waals surface area contributed by atoms with Crippen LogP contribution in [-0.4, -0.2) is 12.6 Å². The fraction of sp³-hybridized carbons (Fsp3) is 0.278. The molecular weight excluding hydrogens is 280 g/mol. The maximum absolute atomic E-state index is 11.3. The van der Waals surface area contributed by atoms with Crippen LogP contribution in [-0.2, 0) is 9.53 Å². The number of allylic oxidation sites excluding steroid dienone is 6. The van der Waals surface area contributed by atoms with Crippen LogP contribution in [0.25, 0.3) is 6.08 Å². The van der Waals surface area contributed by atoms with Crippen LogP contribution in [0.1, 0.15) is 31.2 Å². The topological polar surface area (TPSA) is 26.3 Å². The van der Waals surface area contributed by atoms with Gasteiger partial charge in [0.2, 0.25) is 0 Å². The van der Waals surface area contributed by atoms with Crippen LogP contribution in [0.4, 0.5) is 0 Å². The highest BCUT2D eigenvalue weighted by Crippen LogP contribution is 2.17. The van der Waals surface area contributed by atoms with E-state index in [9.17, 15) is 4.79 Å². The Kier molecular flexibility index (Phi) is 7.48. The molecule has 0 radical (unpaired) electrons. The first kappa shape index (κ1) is 17.2. The summed E-state index contributed by atoms with van der Waals surface area (Å²) in [5, 5.41) is 2.09. The molecule has 21 heavy (non-hydrogen) atoms. The van der Waals surface area contributed by atoms with E-state index < -0.39 is 0 Å². The number of carbonyl (C=O) groups excluding carboxylic acids is 1. The van der Waals surface area contributed by atoms with Gasteiger partial charge >= 0.3 is 5.97 Å². The van der Waals surface area contributed by atoms with Crippen molar-refractivity contribution in [1.82, 2.24) is 0 Å². The van der Waals surface area contributed by atoms with E-state index >= 15 is 0 Å². The third-order valence-corrected chi connectivity index (χ3v) is 3.73. The third-order valence-electron chi connectivity index (χ3n) is 2.75. The molecule has 0 fully saturated rings. The van der Waals surface area contributed by atoms with Gasteiger partial charge in [0, 0.05) is 11.0 Å². The standard InChI is InChI=1S/C18H22O2S/c1-5-20-18(19)13-15(3)8-6-7-14(2)9-10-17-16(4)11-12-21-17/h6-13H,5H2,1-4H3. The molecule has 0 aliphatic heterocycles. The Morgan fingerprint density at radius 2 is 2.05 bits per heavy atom. The largest absolute Gasteiger partial charge is 0.463 e. The van der Waals surface area contributed by atoms with Crippen molar-refractivity contribution in [3.8, 4) is 0 Å². The molecule has 0 saturated carbocycles. The smallest absolute Gasteiger partial charge is 0.330 e. The molecular formula is C18H22O2S. The molecule has 1 heterocycles. The van der Waals surface area contributed by atoms with Crippen LogP contribution < -0.4 is 0 Å². The summed E-state index contributed by atoms with van der Waals surface area (Å²) in [6, 6.07) is 2.12. The molecule has 0 spiro atoms. The number of hydrogen-bond donors (Lipinski definition) is 0. The van der Waals surface area contributed by atoms with Crippen LogP contribution >= 0.6 is 11.3 Å². The number of hydrogen-bond acceptors (Lipinski definition) is 3. The average Bonchev–Trinajstić information content (AvgIpc) is 2.82. The number of thiophene rings is 1. The quantitative estimate of drug-likeness (QED) is 0.416. The lowest BCUT2D eigenvalue weighted by atomic mass is 10.2. The summed E-state index contributed by atoms with van der Waals surface area (Å²) in [4.78, 5) is 12.5. The van der Waals surface area contributed by atoms with Crippen molar-refractivity contribution in [2.24, 2.45) is 0 Å². The molecule has 0 amide bonds. The minimum atomic E-state index is -0.298. The molecule has 1 rings (SSSR count). The Bertz CT molecular complexity index is 586.